The molecule has 2 rings (SSSR count). The maximum atomic E-state index is 11.6. The predicted molar refractivity (Wildman–Crippen MR) is 60.6 cm³/mol. The van der Waals surface area contributed by atoms with Crippen LogP contribution in [0.1, 0.15) is 20.8 Å². The zero-order chi connectivity index (χ0) is 12.6. The number of amides is 1. The van der Waals surface area contributed by atoms with Crippen LogP contribution in [0, 0.1) is 0 Å². The first-order valence-corrected chi connectivity index (χ1v) is 5.85. The molecule has 2 aliphatic heterocycles. The molecule has 6 nitrogen and oxygen atoms in total. The third-order valence-corrected chi connectivity index (χ3v) is 2.79. The van der Waals surface area contributed by atoms with E-state index >= 15 is 0 Å². The Hall–Kier alpha value is -0.850. The maximum absolute atomic E-state index is 11.6. The van der Waals surface area contributed by atoms with Crippen molar-refractivity contribution in [2.75, 3.05) is 13.2 Å². The molecule has 2 heterocycles. The van der Waals surface area contributed by atoms with Crippen molar-refractivity contribution >= 4 is 6.09 Å². The monoisotopic (exact) mass is 244 g/mol. The second-order valence-corrected chi connectivity index (χ2v) is 5.51. The first-order chi connectivity index (χ1) is 7.87. The van der Waals surface area contributed by atoms with Crippen LogP contribution in [0.3, 0.4) is 0 Å². The summed E-state index contributed by atoms with van der Waals surface area (Å²) in [4.78, 5) is 11.6. The van der Waals surface area contributed by atoms with E-state index in [0.717, 1.165) is 0 Å². The summed E-state index contributed by atoms with van der Waals surface area (Å²) in [5.41, 5.74) is 5.32. The van der Waals surface area contributed by atoms with Crippen molar-refractivity contribution in [1.82, 2.24) is 5.32 Å². The minimum atomic E-state index is -0.504. The average Bonchev–Trinajstić information content (AvgIpc) is 2.69. The highest BCUT2D eigenvalue weighted by Gasteiger charge is 2.47. The lowest BCUT2D eigenvalue weighted by Gasteiger charge is -2.23. The van der Waals surface area contributed by atoms with Crippen LogP contribution < -0.4 is 11.1 Å². The van der Waals surface area contributed by atoms with Crippen molar-refractivity contribution in [2.45, 2.75) is 50.7 Å². The van der Waals surface area contributed by atoms with Crippen molar-refractivity contribution in [3.8, 4) is 0 Å². The number of hydrogen-bond acceptors (Lipinski definition) is 5. The molecular formula is C11H20N2O4. The van der Waals surface area contributed by atoms with Gasteiger partial charge in [0, 0.05) is 0 Å². The van der Waals surface area contributed by atoms with Gasteiger partial charge in [0.05, 0.1) is 25.3 Å². The number of carbonyl (C=O) groups excluding carboxylic acids is 1. The Bertz CT molecular complexity index is 302. The fraction of sp³-hybridized carbons (Fsp3) is 0.909. The molecular weight excluding hydrogens is 224 g/mol. The number of carbonyl (C=O) groups is 1. The average molecular weight is 244 g/mol. The second-order valence-electron chi connectivity index (χ2n) is 5.51. The summed E-state index contributed by atoms with van der Waals surface area (Å²) < 4.78 is 16.2. The first-order valence-electron chi connectivity index (χ1n) is 5.85. The molecule has 2 aliphatic rings. The van der Waals surface area contributed by atoms with Crippen LogP contribution in [0.5, 0.6) is 0 Å². The van der Waals surface area contributed by atoms with Crippen LogP contribution in [0.4, 0.5) is 4.79 Å². The SMILES string of the molecule is CC(C)(C)OC(=O)N[C@@H]1COC2[C@@H](N)CO[C@@H]21. The lowest BCUT2D eigenvalue weighted by molar-refractivity contribution is 0.0406. The summed E-state index contributed by atoms with van der Waals surface area (Å²) in [7, 11) is 0. The molecule has 0 aliphatic carbocycles. The number of alkyl carbamates (subject to hydrolysis) is 1. The number of nitrogens with two attached hydrogens (primary N) is 1. The van der Waals surface area contributed by atoms with Gasteiger partial charge in [-0.15, -0.1) is 0 Å². The standard InChI is InChI=1S/C11H20N2O4/c1-11(2,3)17-10(14)13-7-5-16-8-6(12)4-15-9(7)8/h6-9H,4-5,12H2,1-3H3,(H,13,14)/t6-,7+,8?,9+/m0/s1. The fourth-order valence-electron chi connectivity index (χ4n) is 2.11. The Morgan fingerprint density at radius 2 is 1.94 bits per heavy atom. The van der Waals surface area contributed by atoms with Crippen LogP contribution in [0.15, 0.2) is 0 Å². The van der Waals surface area contributed by atoms with Crippen molar-refractivity contribution < 1.29 is 19.0 Å². The lowest BCUT2D eigenvalue weighted by atomic mass is 10.1. The summed E-state index contributed by atoms with van der Waals surface area (Å²) in [6.07, 6.45) is -0.719. The maximum Gasteiger partial charge on any atom is 0.408 e. The summed E-state index contributed by atoms with van der Waals surface area (Å²) in [6.45, 7) is 6.36. The van der Waals surface area contributed by atoms with E-state index in [1.165, 1.54) is 0 Å². The third kappa shape index (κ3) is 2.88. The predicted octanol–water partition coefficient (Wildman–Crippen LogP) is 0.00460. The minimum absolute atomic E-state index is 0.106. The van der Waals surface area contributed by atoms with Crippen LogP contribution in [-0.2, 0) is 14.2 Å². The van der Waals surface area contributed by atoms with E-state index in [1.54, 1.807) is 0 Å². The van der Waals surface area contributed by atoms with Crippen LogP contribution in [0.2, 0.25) is 0 Å². The van der Waals surface area contributed by atoms with Crippen molar-refractivity contribution in [3.05, 3.63) is 0 Å². The molecule has 1 amide bonds. The summed E-state index contributed by atoms with van der Waals surface area (Å²) >= 11 is 0. The number of nitrogens with one attached hydrogen (secondary N) is 1. The second kappa shape index (κ2) is 4.44. The fourth-order valence-corrected chi connectivity index (χ4v) is 2.11. The van der Waals surface area contributed by atoms with Gasteiger partial charge in [0.2, 0.25) is 0 Å². The van der Waals surface area contributed by atoms with E-state index in [-0.39, 0.29) is 24.3 Å². The van der Waals surface area contributed by atoms with Gasteiger partial charge in [-0.3, -0.25) is 0 Å². The van der Waals surface area contributed by atoms with E-state index < -0.39 is 11.7 Å². The molecule has 17 heavy (non-hydrogen) atoms. The summed E-state index contributed by atoms with van der Waals surface area (Å²) in [6, 6.07) is -0.283. The highest BCUT2D eigenvalue weighted by Crippen LogP contribution is 2.26. The van der Waals surface area contributed by atoms with Gasteiger partial charge >= 0.3 is 6.09 Å². The first kappa shape index (κ1) is 12.6. The quantitative estimate of drug-likeness (QED) is 0.678. The summed E-state index contributed by atoms with van der Waals surface area (Å²) in [5, 5.41) is 2.76. The molecule has 0 aromatic heterocycles. The smallest absolute Gasteiger partial charge is 0.408 e. The molecule has 6 heteroatoms. The van der Waals surface area contributed by atoms with E-state index in [4.69, 9.17) is 19.9 Å². The van der Waals surface area contributed by atoms with E-state index in [2.05, 4.69) is 5.32 Å². The molecule has 0 radical (unpaired) electrons. The Kier molecular flexibility index (Phi) is 3.29. The highest BCUT2D eigenvalue weighted by atomic mass is 16.6. The van der Waals surface area contributed by atoms with Gasteiger partial charge in [0.1, 0.15) is 17.8 Å². The molecule has 2 fully saturated rings. The van der Waals surface area contributed by atoms with E-state index in [0.29, 0.717) is 13.2 Å². The highest BCUT2D eigenvalue weighted by molar-refractivity contribution is 5.68. The molecule has 3 N–H and O–H groups in total. The topological polar surface area (TPSA) is 82.8 Å². The van der Waals surface area contributed by atoms with Crippen LogP contribution in [0.25, 0.3) is 0 Å². The molecule has 0 saturated carbocycles. The molecule has 2 saturated heterocycles. The molecule has 1 unspecified atom stereocenters. The Morgan fingerprint density at radius 1 is 1.29 bits per heavy atom. The normalized spacial score (nSPS) is 36.7. The van der Waals surface area contributed by atoms with Gasteiger partial charge in [-0.2, -0.15) is 0 Å². The number of ether oxygens (including phenoxy) is 3. The molecule has 0 aromatic carbocycles. The number of hydrogen-bond donors (Lipinski definition) is 2. The molecule has 0 bridgehead atoms. The van der Waals surface area contributed by atoms with Crippen LogP contribution in [-0.4, -0.2) is 49.2 Å². The van der Waals surface area contributed by atoms with Crippen molar-refractivity contribution in [2.24, 2.45) is 5.73 Å². The molecule has 4 atom stereocenters. The van der Waals surface area contributed by atoms with Crippen molar-refractivity contribution in [1.29, 1.82) is 0 Å². The van der Waals surface area contributed by atoms with Crippen LogP contribution >= 0.6 is 0 Å². The van der Waals surface area contributed by atoms with Gasteiger partial charge in [0.25, 0.3) is 0 Å². The number of rotatable bonds is 1. The van der Waals surface area contributed by atoms with Gasteiger partial charge in [-0.1, -0.05) is 0 Å². The zero-order valence-electron chi connectivity index (χ0n) is 10.4. The zero-order valence-corrected chi connectivity index (χ0v) is 10.4. The number of fused-ring (bicyclic) bond motifs is 1. The molecule has 0 spiro atoms. The Morgan fingerprint density at radius 3 is 2.59 bits per heavy atom. The van der Waals surface area contributed by atoms with Gasteiger partial charge in [-0.25, -0.2) is 4.79 Å². The minimum Gasteiger partial charge on any atom is -0.444 e. The van der Waals surface area contributed by atoms with Gasteiger partial charge in [0.15, 0.2) is 0 Å². The third-order valence-electron chi connectivity index (χ3n) is 2.79. The van der Waals surface area contributed by atoms with Gasteiger partial charge in [-0.05, 0) is 20.8 Å². The Labute approximate surface area is 101 Å². The van der Waals surface area contributed by atoms with E-state index in [1.807, 2.05) is 20.8 Å². The summed E-state index contributed by atoms with van der Waals surface area (Å²) in [5.74, 6) is 0. The Balaban J connectivity index is 1.86. The molecule has 0 aromatic rings. The van der Waals surface area contributed by atoms with E-state index in [9.17, 15) is 4.79 Å². The lowest BCUT2D eigenvalue weighted by Crippen LogP contribution is -2.46. The van der Waals surface area contributed by atoms with Crippen molar-refractivity contribution in [3.63, 3.8) is 0 Å². The largest absolute Gasteiger partial charge is 0.444 e. The van der Waals surface area contributed by atoms with Gasteiger partial charge < -0.3 is 25.3 Å². The molecule has 98 valence electrons.